The Morgan fingerprint density at radius 1 is 1.08 bits per heavy atom. The normalized spacial score (nSPS) is 16.7. The van der Waals surface area contributed by atoms with Crippen molar-refractivity contribution in [2.24, 2.45) is 5.41 Å². The van der Waals surface area contributed by atoms with Crippen LogP contribution >= 0.6 is 0 Å². The zero-order chi connectivity index (χ0) is 25.5. The van der Waals surface area contributed by atoms with Crippen LogP contribution in [0.4, 0.5) is 0 Å². The molecule has 0 aromatic heterocycles. The molecule has 0 spiro atoms. The molecule has 1 fully saturated rings. The number of carboxylic acids is 1. The SMILES string of the molecule is CC(CCCNC(=O)CC1(CC(=O)O)CCCC1)N(C=O)OCC1c2ccccc2-c2ccccc21. The maximum absolute atomic E-state index is 12.5. The third-order valence-corrected chi connectivity index (χ3v) is 7.74. The Hall–Kier alpha value is -3.19. The molecule has 0 bridgehead atoms. The fourth-order valence-electron chi connectivity index (χ4n) is 5.88. The van der Waals surface area contributed by atoms with Gasteiger partial charge in [-0.25, -0.2) is 5.06 Å². The van der Waals surface area contributed by atoms with E-state index in [1.807, 2.05) is 31.2 Å². The van der Waals surface area contributed by atoms with Crippen LogP contribution in [0.3, 0.4) is 0 Å². The van der Waals surface area contributed by atoms with Crippen LogP contribution in [0.5, 0.6) is 0 Å². The van der Waals surface area contributed by atoms with Gasteiger partial charge in [-0.3, -0.25) is 19.2 Å². The van der Waals surface area contributed by atoms with Gasteiger partial charge in [0.05, 0.1) is 19.1 Å². The van der Waals surface area contributed by atoms with Gasteiger partial charge in [0.15, 0.2) is 0 Å². The molecule has 2 aliphatic rings. The van der Waals surface area contributed by atoms with Crippen LogP contribution in [0.2, 0.25) is 0 Å². The second kappa shape index (κ2) is 11.7. The minimum Gasteiger partial charge on any atom is -0.481 e. The largest absolute Gasteiger partial charge is 0.481 e. The van der Waals surface area contributed by atoms with Crippen LogP contribution in [0, 0.1) is 5.41 Å². The van der Waals surface area contributed by atoms with Gasteiger partial charge in [0.1, 0.15) is 0 Å². The van der Waals surface area contributed by atoms with E-state index in [4.69, 9.17) is 4.84 Å². The van der Waals surface area contributed by atoms with Crippen molar-refractivity contribution in [1.29, 1.82) is 0 Å². The first-order valence-corrected chi connectivity index (χ1v) is 13.0. The van der Waals surface area contributed by atoms with E-state index in [0.717, 1.165) is 32.1 Å². The number of aliphatic carboxylic acids is 1. The number of rotatable bonds is 13. The van der Waals surface area contributed by atoms with Gasteiger partial charge in [-0.2, -0.15) is 0 Å². The summed E-state index contributed by atoms with van der Waals surface area (Å²) in [5.41, 5.74) is 4.45. The van der Waals surface area contributed by atoms with Crippen molar-refractivity contribution in [3.8, 4) is 11.1 Å². The number of carboxylic acid groups (broad SMARTS) is 1. The number of hydrogen-bond acceptors (Lipinski definition) is 4. The molecule has 0 saturated heterocycles. The Bertz CT molecular complexity index is 1030. The lowest BCUT2D eigenvalue weighted by Crippen LogP contribution is -2.35. The van der Waals surface area contributed by atoms with Crippen LogP contribution in [0.15, 0.2) is 48.5 Å². The molecule has 2 aromatic carbocycles. The van der Waals surface area contributed by atoms with Crippen LogP contribution in [-0.4, -0.2) is 47.6 Å². The van der Waals surface area contributed by atoms with Crippen LogP contribution < -0.4 is 5.32 Å². The lowest BCUT2D eigenvalue weighted by molar-refractivity contribution is -0.186. The second-order valence-electron chi connectivity index (χ2n) is 10.3. The van der Waals surface area contributed by atoms with Crippen molar-refractivity contribution in [2.45, 2.75) is 70.3 Å². The fraction of sp³-hybridized carbons (Fsp3) is 0.483. The predicted molar refractivity (Wildman–Crippen MR) is 137 cm³/mol. The van der Waals surface area contributed by atoms with Gasteiger partial charge in [0.25, 0.3) is 0 Å². The summed E-state index contributed by atoms with van der Waals surface area (Å²) in [6, 6.07) is 16.5. The highest BCUT2D eigenvalue weighted by Gasteiger charge is 2.38. The average Bonchev–Trinajstić information content (AvgIpc) is 3.44. The molecule has 7 heteroatoms. The molecule has 2 N–H and O–H groups in total. The van der Waals surface area contributed by atoms with E-state index in [1.54, 1.807) is 0 Å². The Kier molecular flexibility index (Phi) is 8.41. The van der Waals surface area contributed by atoms with Crippen molar-refractivity contribution < 1.29 is 24.3 Å². The number of benzene rings is 2. The minimum absolute atomic E-state index is 0.0546. The van der Waals surface area contributed by atoms with E-state index in [2.05, 4.69) is 29.6 Å². The number of hydrogen-bond donors (Lipinski definition) is 2. The molecule has 4 rings (SSSR count). The Labute approximate surface area is 212 Å². The lowest BCUT2D eigenvalue weighted by Gasteiger charge is -2.27. The summed E-state index contributed by atoms with van der Waals surface area (Å²) in [7, 11) is 0. The molecule has 36 heavy (non-hydrogen) atoms. The van der Waals surface area contributed by atoms with E-state index in [1.165, 1.54) is 27.3 Å². The van der Waals surface area contributed by atoms with Gasteiger partial charge in [-0.05, 0) is 60.3 Å². The monoisotopic (exact) mass is 492 g/mol. The summed E-state index contributed by atoms with van der Waals surface area (Å²) in [4.78, 5) is 41.5. The highest BCUT2D eigenvalue weighted by molar-refractivity contribution is 5.79. The Morgan fingerprint density at radius 2 is 1.69 bits per heavy atom. The van der Waals surface area contributed by atoms with Gasteiger partial charge in [0, 0.05) is 18.9 Å². The molecule has 0 radical (unpaired) electrons. The molecule has 2 aromatic rings. The van der Waals surface area contributed by atoms with Gasteiger partial charge in [0.2, 0.25) is 12.3 Å². The van der Waals surface area contributed by atoms with Crippen molar-refractivity contribution in [2.75, 3.05) is 13.2 Å². The van der Waals surface area contributed by atoms with Crippen molar-refractivity contribution in [3.63, 3.8) is 0 Å². The lowest BCUT2D eigenvalue weighted by atomic mass is 9.79. The zero-order valence-electron chi connectivity index (χ0n) is 20.9. The van der Waals surface area contributed by atoms with E-state index in [-0.39, 0.29) is 30.7 Å². The summed E-state index contributed by atoms with van der Waals surface area (Å²) < 4.78 is 0. The predicted octanol–water partition coefficient (Wildman–Crippen LogP) is 4.90. The number of nitrogens with zero attached hydrogens (tertiary/aromatic N) is 1. The molecular weight excluding hydrogens is 456 g/mol. The van der Waals surface area contributed by atoms with Gasteiger partial charge in [-0.1, -0.05) is 61.4 Å². The molecule has 2 aliphatic carbocycles. The molecular formula is C29H36N2O5. The molecule has 1 atom stereocenters. The van der Waals surface area contributed by atoms with E-state index < -0.39 is 11.4 Å². The Morgan fingerprint density at radius 3 is 2.28 bits per heavy atom. The summed E-state index contributed by atoms with van der Waals surface area (Å²) in [6.07, 6.45) is 5.98. The molecule has 1 unspecified atom stereocenters. The topological polar surface area (TPSA) is 95.9 Å². The molecule has 2 amide bonds. The molecule has 192 valence electrons. The molecule has 7 nitrogen and oxygen atoms in total. The number of hydroxylamine groups is 2. The third-order valence-electron chi connectivity index (χ3n) is 7.74. The van der Waals surface area contributed by atoms with Crippen LogP contribution in [0.1, 0.15) is 75.3 Å². The smallest absolute Gasteiger partial charge is 0.303 e. The van der Waals surface area contributed by atoms with Gasteiger partial charge < -0.3 is 10.4 Å². The first-order valence-electron chi connectivity index (χ1n) is 13.0. The summed E-state index contributed by atoms with van der Waals surface area (Å²) in [6.45, 7) is 2.80. The number of carbonyl (C=O) groups is 3. The standard InChI is InChI=1S/C29H36N2O5/c1-21(9-8-16-30-27(33)17-29(18-28(34)35)14-6-7-15-29)31(20-32)36-19-26-24-12-4-2-10-22(24)23-11-3-5-13-25(23)26/h2-5,10-13,20-21,26H,6-9,14-19H2,1H3,(H,30,33)(H,34,35). The molecule has 0 aliphatic heterocycles. The van der Waals surface area contributed by atoms with Gasteiger partial charge >= 0.3 is 5.97 Å². The second-order valence-corrected chi connectivity index (χ2v) is 10.3. The fourth-order valence-corrected chi connectivity index (χ4v) is 5.88. The van der Waals surface area contributed by atoms with Crippen LogP contribution in [0.25, 0.3) is 11.1 Å². The number of amides is 2. The van der Waals surface area contributed by atoms with Crippen LogP contribution in [-0.2, 0) is 19.2 Å². The third kappa shape index (κ3) is 5.95. The zero-order valence-corrected chi connectivity index (χ0v) is 20.9. The average molecular weight is 493 g/mol. The number of carbonyl (C=O) groups excluding carboxylic acids is 2. The maximum Gasteiger partial charge on any atom is 0.303 e. The van der Waals surface area contributed by atoms with Crippen molar-refractivity contribution in [3.05, 3.63) is 59.7 Å². The molecule has 1 saturated carbocycles. The first kappa shape index (κ1) is 25.9. The van der Waals surface area contributed by atoms with E-state index in [9.17, 15) is 19.5 Å². The van der Waals surface area contributed by atoms with E-state index >= 15 is 0 Å². The summed E-state index contributed by atoms with van der Waals surface area (Å²) >= 11 is 0. The van der Waals surface area contributed by atoms with E-state index in [0.29, 0.717) is 26.0 Å². The first-order chi connectivity index (χ1) is 17.4. The maximum atomic E-state index is 12.5. The molecule has 0 heterocycles. The summed E-state index contributed by atoms with van der Waals surface area (Å²) in [5.74, 6) is -0.857. The summed E-state index contributed by atoms with van der Waals surface area (Å²) in [5, 5.41) is 13.6. The van der Waals surface area contributed by atoms with Crippen molar-refractivity contribution >= 4 is 18.3 Å². The number of fused-ring (bicyclic) bond motifs is 3. The van der Waals surface area contributed by atoms with Crippen molar-refractivity contribution in [1.82, 2.24) is 10.4 Å². The highest BCUT2D eigenvalue weighted by Crippen LogP contribution is 2.45. The highest BCUT2D eigenvalue weighted by atomic mass is 16.7. The Balaban J connectivity index is 1.24. The van der Waals surface area contributed by atoms with Gasteiger partial charge in [-0.15, -0.1) is 0 Å². The minimum atomic E-state index is -0.836. The number of nitrogens with one attached hydrogen (secondary N) is 1. The quantitative estimate of drug-likeness (QED) is 0.236.